The Balaban J connectivity index is 1.83. The molecule has 3 aliphatic rings. The minimum Gasteiger partial charge on any atom is -0.308 e. The number of carbonyl (C=O) groups is 2. The number of ketones is 1. The summed E-state index contributed by atoms with van der Waals surface area (Å²) in [5, 5.41) is 3.83. The van der Waals surface area contributed by atoms with Crippen LogP contribution in [-0.2, 0) is 16.1 Å². The van der Waals surface area contributed by atoms with Crippen LogP contribution in [0.5, 0.6) is 0 Å². The Morgan fingerprint density at radius 3 is 2.70 bits per heavy atom. The van der Waals surface area contributed by atoms with E-state index in [0.717, 1.165) is 18.6 Å². The first-order valence-electron chi connectivity index (χ1n) is 8.54. The highest BCUT2D eigenvalue weighted by atomic mass is 32.2. The third-order valence-corrected chi connectivity index (χ3v) is 6.66. The molecule has 1 N–H and O–H groups in total. The van der Waals surface area contributed by atoms with Gasteiger partial charge in [-0.1, -0.05) is 49.0 Å². The van der Waals surface area contributed by atoms with Gasteiger partial charge in [-0.2, -0.15) is 0 Å². The predicted octanol–water partition coefficient (Wildman–Crippen LogP) is 3.43. The van der Waals surface area contributed by atoms with Gasteiger partial charge in [0.15, 0.2) is 5.12 Å². The van der Waals surface area contributed by atoms with Crippen molar-refractivity contribution >= 4 is 22.7 Å². The van der Waals surface area contributed by atoms with Crippen molar-refractivity contribution in [1.29, 1.82) is 0 Å². The molecule has 0 unspecified atom stereocenters. The molecule has 4 rings (SSSR count). The van der Waals surface area contributed by atoms with Gasteiger partial charge >= 0.3 is 0 Å². The molecule has 0 spiro atoms. The second kappa shape index (κ2) is 6.78. The monoisotopic (exact) mass is 331 g/mol. The highest BCUT2D eigenvalue weighted by Gasteiger charge is 2.58. The van der Waals surface area contributed by atoms with Crippen LogP contribution in [-0.4, -0.2) is 22.7 Å². The lowest BCUT2D eigenvalue weighted by Crippen LogP contribution is -2.63. The average Bonchev–Trinajstić information content (AvgIpc) is 2.56. The molecule has 0 amide bonds. The van der Waals surface area contributed by atoms with E-state index in [1.165, 1.54) is 17.3 Å². The van der Waals surface area contributed by atoms with Crippen LogP contribution in [0.2, 0.25) is 0 Å². The number of benzene rings is 1. The summed E-state index contributed by atoms with van der Waals surface area (Å²) < 4.78 is 0. The molecular formula is C19H25NO2S. The van der Waals surface area contributed by atoms with Gasteiger partial charge in [-0.05, 0) is 37.0 Å². The lowest BCUT2D eigenvalue weighted by atomic mass is 9.53. The number of rotatable bonds is 5. The fraction of sp³-hybridized carbons (Fsp3) is 0.579. The minimum atomic E-state index is -0.424. The average molecular weight is 331 g/mol. The first kappa shape index (κ1) is 16.7. The summed E-state index contributed by atoms with van der Waals surface area (Å²) in [6, 6.07) is 10.2. The molecule has 23 heavy (non-hydrogen) atoms. The molecule has 0 radical (unpaired) electrons. The standard InChI is InChI=1S/C19H25NO2S/c1-3-23-18(22)19(2)14-9-10-15(16(21)11-14)17(19)20-12-13-7-5-4-6-8-13/h4-8,14-15,17,20H,3,9-12H2,1-2H3/t14-,15+,17-,19-/m0/s1. The lowest BCUT2D eigenvalue weighted by Gasteiger charge is -2.53. The summed E-state index contributed by atoms with van der Waals surface area (Å²) in [7, 11) is 0. The molecule has 2 bridgehead atoms. The van der Waals surface area contributed by atoms with E-state index in [1.807, 2.05) is 25.1 Å². The van der Waals surface area contributed by atoms with Crippen molar-refractivity contribution in [2.24, 2.45) is 17.3 Å². The molecule has 3 nitrogen and oxygen atoms in total. The predicted molar refractivity (Wildman–Crippen MR) is 94.2 cm³/mol. The molecule has 1 aromatic carbocycles. The SMILES string of the molecule is CCSC(=O)[C@@]1(C)[C@H]2CC[C@H](C(=O)C2)[C@@H]1NCc1ccccc1. The van der Waals surface area contributed by atoms with Crippen LogP contribution >= 0.6 is 11.8 Å². The third kappa shape index (κ3) is 2.99. The number of hydrogen-bond donors (Lipinski definition) is 1. The van der Waals surface area contributed by atoms with E-state index in [1.54, 1.807) is 0 Å². The molecule has 4 atom stereocenters. The van der Waals surface area contributed by atoms with Gasteiger partial charge in [-0.25, -0.2) is 0 Å². The van der Waals surface area contributed by atoms with Gasteiger partial charge in [-0.3, -0.25) is 9.59 Å². The highest BCUT2D eigenvalue weighted by Crippen LogP contribution is 2.53. The number of fused-ring (bicyclic) bond motifs is 3. The van der Waals surface area contributed by atoms with Crippen molar-refractivity contribution < 1.29 is 9.59 Å². The number of nitrogens with one attached hydrogen (secondary N) is 1. The molecule has 0 saturated heterocycles. The lowest BCUT2D eigenvalue weighted by molar-refractivity contribution is -0.146. The fourth-order valence-electron chi connectivity index (χ4n) is 4.33. The Morgan fingerprint density at radius 2 is 2.04 bits per heavy atom. The molecule has 1 aromatic rings. The molecule has 4 heteroatoms. The van der Waals surface area contributed by atoms with Crippen molar-refractivity contribution in [3.63, 3.8) is 0 Å². The molecule has 3 saturated carbocycles. The van der Waals surface area contributed by atoms with Gasteiger partial charge in [0.05, 0.1) is 5.41 Å². The number of carbonyl (C=O) groups excluding carboxylic acids is 2. The Labute approximate surface area is 142 Å². The Kier molecular flexibility index (Phi) is 4.93. The molecule has 0 aliphatic heterocycles. The summed E-state index contributed by atoms with van der Waals surface area (Å²) in [5.41, 5.74) is 0.770. The first-order valence-corrected chi connectivity index (χ1v) is 9.53. The molecule has 0 aromatic heterocycles. The Bertz CT molecular complexity index is 588. The van der Waals surface area contributed by atoms with E-state index >= 15 is 0 Å². The second-order valence-corrected chi connectivity index (χ2v) is 8.14. The zero-order chi connectivity index (χ0) is 16.4. The van der Waals surface area contributed by atoms with Gasteiger partial charge in [0.25, 0.3) is 0 Å². The van der Waals surface area contributed by atoms with Gasteiger partial charge in [0.1, 0.15) is 5.78 Å². The van der Waals surface area contributed by atoms with Crippen molar-refractivity contribution in [2.75, 3.05) is 5.75 Å². The van der Waals surface area contributed by atoms with E-state index in [9.17, 15) is 9.59 Å². The number of thioether (sulfide) groups is 1. The zero-order valence-electron chi connectivity index (χ0n) is 13.9. The van der Waals surface area contributed by atoms with E-state index in [0.29, 0.717) is 18.7 Å². The maximum Gasteiger partial charge on any atom is 0.196 e. The molecule has 3 aliphatic carbocycles. The van der Waals surface area contributed by atoms with Crippen LogP contribution in [0.15, 0.2) is 30.3 Å². The Morgan fingerprint density at radius 1 is 1.30 bits per heavy atom. The van der Waals surface area contributed by atoms with Crippen molar-refractivity contribution in [1.82, 2.24) is 5.32 Å². The van der Waals surface area contributed by atoms with Crippen molar-refractivity contribution in [2.45, 2.75) is 45.7 Å². The Hall–Kier alpha value is -1.13. The van der Waals surface area contributed by atoms with Gasteiger partial charge in [0.2, 0.25) is 0 Å². The number of hydrogen-bond acceptors (Lipinski definition) is 4. The first-order chi connectivity index (χ1) is 11.1. The van der Waals surface area contributed by atoms with Gasteiger partial charge in [-0.15, -0.1) is 0 Å². The van der Waals surface area contributed by atoms with Crippen LogP contribution in [0, 0.1) is 17.3 Å². The highest BCUT2D eigenvalue weighted by molar-refractivity contribution is 8.13. The molecular weight excluding hydrogens is 306 g/mol. The maximum atomic E-state index is 12.8. The normalized spacial score (nSPS) is 33.0. The summed E-state index contributed by atoms with van der Waals surface area (Å²) in [6.07, 6.45) is 2.52. The van der Waals surface area contributed by atoms with E-state index in [2.05, 4.69) is 24.4 Å². The summed E-state index contributed by atoms with van der Waals surface area (Å²) in [4.78, 5) is 25.2. The second-order valence-electron chi connectivity index (χ2n) is 6.90. The largest absolute Gasteiger partial charge is 0.308 e. The van der Waals surface area contributed by atoms with E-state index in [4.69, 9.17) is 0 Å². The van der Waals surface area contributed by atoms with Crippen molar-refractivity contribution in [3.05, 3.63) is 35.9 Å². The van der Waals surface area contributed by atoms with Crippen LogP contribution in [0.25, 0.3) is 0 Å². The zero-order valence-corrected chi connectivity index (χ0v) is 14.7. The van der Waals surface area contributed by atoms with Gasteiger partial charge in [0, 0.05) is 24.9 Å². The van der Waals surface area contributed by atoms with Crippen molar-refractivity contribution in [3.8, 4) is 0 Å². The number of Topliss-reactive ketones (excluding diaryl/α,β-unsaturated/α-hetero) is 1. The summed E-state index contributed by atoms with van der Waals surface area (Å²) >= 11 is 1.41. The smallest absolute Gasteiger partial charge is 0.196 e. The van der Waals surface area contributed by atoms with Crippen LogP contribution < -0.4 is 5.32 Å². The third-order valence-electron chi connectivity index (χ3n) is 5.67. The van der Waals surface area contributed by atoms with Crippen LogP contribution in [0.4, 0.5) is 0 Å². The maximum absolute atomic E-state index is 12.8. The summed E-state index contributed by atoms with van der Waals surface area (Å²) in [6.45, 7) is 4.82. The fourth-order valence-corrected chi connectivity index (χ4v) is 5.20. The van der Waals surface area contributed by atoms with Crippen LogP contribution in [0.3, 0.4) is 0 Å². The topological polar surface area (TPSA) is 46.2 Å². The van der Waals surface area contributed by atoms with Gasteiger partial charge < -0.3 is 5.32 Å². The molecule has 124 valence electrons. The molecule has 3 fully saturated rings. The van der Waals surface area contributed by atoms with E-state index in [-0.39, 0.29) is 23.0 Å². The quantitative estimate of drug-likeness (QED) is 0.898. The molecule has 0 heterocycles. The summed E-state index contributed by atoms with van der Waals surface area (Å²) in [5.74, 6) is 1.33. The van der Waals surface area contributed by atoms with Crippen LogP contribution in [0.1, 0.15) is 38.7 Å². The minimum absolute atomic E-state index is 0.00452. The van der Waals surface area contributed by atoms with E-state index < -0.39 is 5.41 Å².